The van der Waals surface area contributed by atoms with E-state index in [1.165, 1.54) is 7.11 Å². The van der Waals surface area contributed by atoms with Gasteiger partial charge in [-0.1, -0.05) is 0 Å². The van der Waals surface area contributed by atoms with Crippen molar-refractivity contribution in [3.8, 4) is 0 Å². The Morgan fingerprint density at radius 3 is 2.27 bits per heavy atom. The van der Waals surface area contributed by atoms with Crippen molar-refractivity contribution in [2.45, 2.75) is 32.3 Å². The van der Waals surface area contributed by atoms with Crippen LogP contribution in [0.2, 0.25) is 0 Å². The molecule has 0 heterocycles. The highest BCUT2D eigenvalue weighted by Gasteiger charge is 2.12. The van der Waals surface area contributed by atoms with Crippen LogP contribution in [0.1, 0.15) is 13.8 Å². The van der Waals surface area contributed by atoms with Crippen LogP contribution in [0.5, 0.6) is 0 Å². The molecular weight excluding hydrogens is 146 g/mol. The first-order chi connectivity index (χ1) is 5.07. The summed E-state index contributed by atoms with van der Waals surface area (Å²) in [7, 11) is 1.53. The van der Waals surface area contributed by atoms with Gasteiger partial charge < -0.3 is 14.9 Å². The molecule has 0 rings (SSSR count). The SMILES string of the molecule is CO[C@@H](C)C(O)NC[C@H](C)O. The van der Waals surface area contributed by atoms with E-state index in [1.807, 2.05) is 0 Å². The molecule has 11 heavy (non-hydrogen) atoms. The predicted molar refractivity (Wildman–Crippen MR) is 42.2 cm³/mol. The quantitative estimate of drug-likeness (QED) is 0.469. The highest BCUT2D eigenvalue weighted by Crippen LogP contribution is 1.92. The molecule has 0 aliphatic carbocycles. The first-order valence-electron chi connectivity index (χ1n) is 3.70. The van der Waals surface area contributed by atoms with Crippen LogP contribution in [-0.4, -0.2) is 42.3 Å². The zero-order valence-corrected chi connectivity index (χ0v) is 7.24. The Labute approximate surface area is 67.2 Å². The van der Waals surface area contributed by atoms with Crippen LogP contribution >= 0.6 is 0 Å². The minimum Gasteiger partial charge on any atom is -0.392 e. The Balaban J connectivity index is 3.43. The topological polar surface area (TPSA) is 61.7 Å². The van der Waals surface area contributed by atoms with E-state index in [4.69, 9.17) is 9.84 Å². The molecule has 0 aliphatic heterocycles. The number of ether oxygens (including phenoxy) is 1. The standard InChI is InChI=1S/C7H17NO3/c1-5(9)4-8-7(10)6(2)11-3/h5-10H,4H2,1-3H3/t5-,6-,7?/m0/s1. The zero-order chi connectivity index (χ0) is 8.85. The van der Waals surface area contributed by atoms with Crippen molar-refractivity contribution in [2.24, 2.45) is 0 Å². The summed E-state index contributed by atoms with van der Waals surface area (Å²) >= 11 is 0. The molecule has 0 aromatic heterocycles. The molecule has 0 aromatic rings. The van der Waals surface area contributed by atoms with Crippen molar-refractivity contribution in [3.05, 3.63) is 0 Å². The fourth-order valence-corrected chi connectivity index (χ4v) is 0.586. The highest BCUT2D eigenvalue weighted by molar-refractivity contribution is 4.62. The van der Waals surface area contributed by atoms with Crippen molar-refractivity contribution in [1.82, 2.24) is 5.32 Å². The van der Waals surface area contributed by atoms with E-state index in [9.17, 15) is 5.11 Å². The summed E-state index contributed by atoms with van der Waals surface area (Å²) in [6.07, 6.45) is -1.42. The second-order valence-electron chi connectivity index (χ2n) is 2.64. The monoisotopic (exact) mass is 163 g/mol. The molecule has 3 atom stereocenters. The van der Waals surface area contributed by atoms with Gasteiger partial charge in [0.2, 0.25) is 0 Å². The summed E-state index contributed by atoms with van der Waals surface area (Å²) < 4.78 is 4.85. The van der Waals surface area contributed by atoms with Gasteiger partial charge >= 0.3 is 0 Å². The van der Waals surface area contributed by atoms with Gasteiger partial charge in [0.15, 0.2) is 0 Å². The lowest BCUT2D eigenvalue weighted by Gasteiger charge is -2.19. The average Bonchev–Trinajstić information content (AvgIpc) is 1.98. The van der Waals surface area contributed by atoms with E-state index in [0.29, 0.717) is 6.54 Å². The van der Waals surface area contributed by atoms with E-state index in [0.717, 1.165) is 0 Å². The van der Waals surface area contributed by atoms with Gasteiger partial charge in [-0.15, -0.1) is 0 Å². The minimum absolute atomic E-state index is 0.256. The molecule has 0 amide bonds. The first-order valence-corrected chi connectivity index (χ1v) is 3.70. The molecule has 0 radical (unpaired) electrons. The lowest BCUT2D eigenvalue weighted by Crippen LogP contribution is -2.42. The van der Waals surface area contributed by atoms with Crippen molar-refractivity contribution in [1.29, 1.82) is 0 Å². The number of aliphatic hydroxyl groups excluding tert-OH is 2. The summed E-state index contributed by atoms with van der Waals surface area (Å²) in [5.41, 5.74) is 0. The van der Waals surface area contributed by atoms with Gasteiger partial charge in [-0.05, 0) is 13.8 Å². The predicted octanol–water partition coefficient (Wildman–Crippen LogP) is -0.690. The molecule has 0 saturated carbocycles. The van der Waals surface area contributed by atoms with Crippen LogP contribution in [0.3, 0.4) is 0 Å². The second-order valence-corrected chi connectivity index (χ2v) is 2.64. The molecule has 0 bridgehead atoms. The fourth-order valence-electron chi connectivity index (χ4n) is 0.586. The maximum Gasteiger partial charge on any atom is 0.131 e. The molecule has 68 valence electrons. The third-order valence-electron chi connectivity index (χ3n) is 1.44. The number of aliphatic hydroxyl groups is 2. The molecule has 0 aromatic carbocycles. The largest absolute Gasteiger partial charge is 0.392 e. The van der Waals surface area contributed by atoms with Gasteiger partial charge in [0.25, 0.3) is 0 Å². The van der Waals surface area contributed by atoms with E-state index in [2.05, 4.69) is 5.32 Å². The number of hydrogen-bond acceptors (Lipinski definition) is 4. The summed E-state index contributed by atoms with van der Waals surface area (Å²) in [6, 6.07) is 0. The Kier molecular flexibility index (Phi) is 5.41. The van der Waals surface area contributed by atoms with Gasteiger partial charge in [0, 0.05) is 13.7 Å². The fraction of sp³-hybridized carbons (Fsp3) is 1.00. The Morgan fingerprint density at radius 1 is 1.36 bits per heavy atom. The lowest BCUT2D eigenvalue weighted by molar-refractivity contribution is -0.0227. The molecule has 4 heteroatoms. The van der Waals surface area contributed by atoms with Gasteiger partial charge in [-0.25, -0.2) is 0 Å². The highest BCUT2D eigenvalue weighted by atomic mass is 16.5. The third kappa shape index (κ3) is 5.15. The van der Waals surface area contributed by atoms with E-state index >= 15 is 0 Å². The third-order valence-corrected chi connectivity index (χ3v) is 1.44. The zero-order valence-electron chi connectivity index (χ0n) is 7.24. The van der Waals surface area contributed by atoms with Crippen LogP contribution in [0.25, 0.3) is 0 Å². The van der Waals surface area contributed by atoms with E-state index < -0.39 is 12.3 Å². The summed E-state index contributed by atoms with van der Waals surface area (Å²) in [5, 5.41) is 20.8. The van der Waals surface area contributed by atoms with Crippen LogP contribution < -0.4 is 5.32 Å². The summed E-state index contributed by atoms with van der Waals surface area (Å²) in [6.45, 7) is 3.77. The number of nitrogens with one attached hydrogen (secondary N) is 1. The van der Waals surface area contributed by atoms with Crippen molar-refractivity contribution in [3.63, 3.8) is 0 Å². The van der Waals surface area contributed by atoms with Crippen LogP contribution in [0, 0.1) is 0 Å². The molecule has 0 fully saturated rings. The maximum absolute atomic E-state index is 9.22. The second kappa shape index (κ2) is 5.49. The number of rotatable bonds is 5. The molecule has 0 spiro atoms. The van der Waals surface area contributed by atoms with Gasteiger partial charge in [0.05, 0.1) is 12.2 Å². The average molecular weight is 163 g/mol. The Hall–Kier alpha value is -0.160. The van der Waals surface area contributed by atoms with Crippen molar-refractivity contribution >= 4 is 0 Å². The van der Waals surface area contributed by atoms with E-state index in [-0.39, 0.29) is 6.10 Å². The summed E-state index contributed by atoms with van der Waals surface area (Å²) in [4.78, 5) is 0. The van der Waals surface area contributed by atoms with Crippen LogP contribution in [0.4, 0.5) is 0 Å². The minimum atomic E-state index is -0.713. The molecule has 0 saturated heterocycles. The van der Waals surface area contributed by atoms with Crippen LogP contribution in [0.15, 0.2) is 0 Å². The number of methoxy groups -OCH3 is 1. The van der Waals surface area contributed by atoms with Crippen LogP contribution in [-0.2, 0) is 4.74 Å². The maximum atomic E-state index is 9.22. The smallest absolute Gasteiger partial charge is 0.131 e. The summed E-state index contributed by atoms with van der Waals surface area (Å²) in [5.74, 6) is 0. The van der Waals surface area contributed by atoms with Gasteiger partial charge in [0.1, 0.15) is 6.23 Å². The molecular formula is C7H17NO3. The normalized spacial score (nSPS) is 19.4. The van der Waals surface area contributed by atoms with Gasteiger partial charge in [-0.2, -0.15) is 0 Å². The van der Waals surface area contributed by atoms with Crippen molar-refractivity contribution in [2.75, 3.05) is 13.7 Å². The molecule has 0 aliphatic rings. The lowest BCUT2D eigenvalue weighted by atomic mass is 10.3. The van der Waals surface area contributed by atoms with Gasteiger partial charge in [-0.3, -0.25) is 5.32 Å². The molecule has 1 unspecified atom stereocenters. The first kappa shape index (κ1) is 10.8. The van der Waals surface area contributed by atoms with Crippen molar-refractivity contribution < 1.29 is 14.9 Å². The molecule has 4 nitrogen and oxygen atoms in total. The Morgan fingerprint density at radius 2 is 1.91 bits per heavy atom. The number of hydrogen-bond donors (Lipinski definition) is 3. The van der Waals surface area contributed by atoms with E-state index in [1.54, 1.807) is 13.8 Å². The Bertz CT molecular complexity index is 97.7. The molecule has 3 N–H and O–H groups in total.